The number of carbonyl (C=O) groups excluding carboxylic acids is 1. The molecule has 2 N–H and O–H groups in total. The smallest absolute Gasteiger partial charge is 0.338 e. The van der Waals surface area contributed by atoms with Gasteiger partial charge in [0.15, 0.2) is 0 Å². The van der Waals surface area contributed by atoms with E-state index in [1.807, 2.05) is 52.0 Å². The summed E-state index contributed by atoms with van der Waals surface area (Å²) >= 11 is 0. The molecule has 0 aliphatic carbocycles. The summed E-state index contributed by atoms with van der Waals surface area (Å²) in [5, 5.41) is 4.00. The summed E-state index contributed by atoms with van der Waals surface area (Å²) in [4.78, 5) is 31.7. The number of ether oxygens (including phenoxy) is 2. The number of esters is 1. The normalized spacial score (nSPS) is 11.5. The summed E-state index contributed by atoms with van der Waals surface area (Å²) in [6.45, 7) is 8.70. The molecule has 3 aromatic rings. The number of aryl methyl sites for hydroxylation is 2. The van der Waals surface area contributed by atoms with Crippen LogP contribution in [0.4, 0.5) is 5.69 Å². The minimum atomic E-state index is -0.505. The molecule has 2 aromatic carbocycles. The summed E-state index contributed by atoms with van der Waals surface area (Å²) in [7, 11) is 1.58. The molecule has 1 aromatic heterocycles. The molecular formula is C26H33N3O4. The average molecular weight is 452 g/mol. The van der Waals surface area contributed by atoms with Crippen molar-refractivity contribution in [2.75, 3.05) is 19.0 Å². The van der Waals surface area contributed by atoms with Crippen LogP contribution in [0, 0.1) is 6.92 Å². The summed E-state index contributed by atoms with van der Waals surface area (Å²) in [5.74, 6) is 0.220. The number of nitrogens with zero attached hydrogens (tertiary/aromatic N) is 1. The van der Waals surface area contributed by atoms with Gasteiger partial charge in [0.25, 0.3) is 5.56 Å². The van der Waals surface area contributed by atoms with Gasteiger partial charge in [0.2, 0.25) is 0 Å². The van der Waals surface area contributed by atoms with E-state index in [1.54, 1.807) is 19.2 Å². The average Bonchev–Trinajstić information content (AvgIpc) is 2.74. The molecule has 0 spiro atoms. The first-order chi connectivity index (χ1) is 15.7. The Labute approximate surface area is 194 Å². The van der Waals surface area contributed by atoms with Crippen molar-refractivity contribution in [1.82, 2.24) is 9.97 Å². The van der Waals surface area contributed by atoms with E-state index in [0.717, 1.165) is 37.1 Å². The second-order valence-electron chi connectivity index (χ2n) is 9.20. The molecule has 0 saturated heterocycles. The Morgan fingerprint density at radius 3 is 2.52 bits per heavy atom. The lowest BCUT2D eigenvalue weighted by molar-refractivity contribution is 0.00695. The van der Waals surface area contributed by atoms with E-state index >= 15 is 0 Å². The van der Waals surface area contributed by atoms with E-state index in [1.165, 1.54) is 5.56 Å². The zero-order valence-electron chi connectivity index (χ0n) is 20.1. The number of rotatable bonds is 9. The largest absolute Gasteiger partial charge is 0.456 e. The summed E-state index contributed by atoms with van der Waals surface area (Å²) < 4.78 is 10.5. The van der Waals surface area contributed by atoms with Crippen LogP contribution in [0.2, 0.25) is 0 Å². The fraction of sp³-hybridized carbons (Fsp3) is 0.423. The maximum atomic E-state index is 12.3. The number of benzene rings is 2. The monoisotopic (exact) mass is 451 g/mol. The van der Waals surface area contributed by atoms with E-state index in [9.17, 15) is 9.59 Å². The highest BCUT2D eigenvalue weighted by atomic mass is 16.6. The lowest BCUT2D eigenvalue weighted by atomic mass is 10.0. The number of aromatic nitrogens is 2. The van der Waals surface area contributed by atoms with Crippen molar-refractivity contribution >= 4 is 22.6 Å². The molecule has 0 fully saturated rings. The number of H-pyrrole nitrogens is 1. The van der Waals surface area contributed by atoms with Crippen LogP contribution in [0.3, 0.4) is 0 Å². The topological polar surface area (TPSA) is 93.3 Å². The number of hydrogen-bond acceptors (Lipinski definition) is 6. The molecule has 0 unspecified atom stereocenters. The zero-order valence-corrected chi connectivity index (χ0v) is 20.1. The fourth-order valence-electron chi connectivity index (χ4n) is 3.59. The van der Waals surface area contributed by atoms with Crippen LogP contribution >= 0.6 is 0 Å². The van der Waals surface area contributed by atoms with Crippen molar-refractivity contribution in [2.45, 2.75) is 59.2 Å². The first-order valence-electron chi connectivity index (χ1n) is 11.2. The number of anilines is 1. The molecule has 0 aliphatic heterocycles. The zero-order chi connectivity index (χ0) is 24.0. The van der Waals surface area contributed by atoms with E-state index in [4.69, 9.17) is 9.47 Å². The number of fused-ring (bicyclic) bond motifs is 1. The second kappa shape index (κ2) is 10.6. The molecule has 0 bridgehead atoms. The van der Waals surface area contributed by atoms with Crippen molar-refractivity contribution in [3.63, 3.8) is 0 Å². The van der Waals surface area contributed by atoms with Crippen LogP contribution in [-0.2, 0) is 22.5 Å². The molecule has 3 rings (SSSR count). The molecule has 0 saturated carbocycles. The predicted molar refractivity (Wildman–Crippen MR) is 131 cm³/mol. The van der Waals surface area contributed by atoms with Crippen molar-refractivity contribution in [2.24, 2.45) is 0 Å². The maximum absolute atomic E-state index is 12.3. The lowest BCUT2D eigenvalue weighted by Gasteiger charge is -2.19. The SMILES string of the molecule is COCc1nc2cc(CCCCNc3ccc(C(=O)OC(C)(C)C)cc3)c(C)cc2c(=O)[nH]1. The number of aromatic amines is 1. The van der Waals surface area contributed by atoms with E-state index < -0.39 is 5.60 Å². The Bertz CT molecular complexity index is 1160. The Kier molecular flexibility index (Phi) is 7.87. The quantitative estimate of drug-likeness (QED) is 0.360. The summed E-state index contributed by atoms with van der Waals surface area (Å²) in [5.41, 5.74) is 3.88. The van der Waals surface area contributed by atoms with Crippen LogP contribution in [0.1, 0.15) is 60.9 Å². The standard InChI is InChI=1S/C26H33N3O4/c1-17-14-21-22(28-23(16-32-5)29-24(21)30)15-19(17)8-6-7-13-27-20-11-9-18(10-12-20)25(31)33-26(2,3)4/h9-12,14-15,27H,6-8,13,16H2,1-5H3,(H,28,29,30). The molecule has 0 aliphatic rings. The number of nitrogens with one attached hydrogen (secondary N) is 2. The van der Waals surface area contributed by atoms with Gasteiger partial charge in [0.05, 0.1) is 16.5 Å². The lowest BCUT2D eigenvalue weighted by Crippen LogP contribution is -2.23. The van der Waals surface area contributed by atoms with Gasteiger partial charge in [-0.2, -0.15) is 0 Å². The molecule has 176 valence electrons. The highest BCUT2D eigenvalue weighted by Crippen LogP contribution is 2.19. The van der Waals surface area contributed by atoms with E-state index in [0.29, 0.717) is 22.3 Å². The van der Waals surface area contributed by atoms with Crippen LogP contribution < -0.4 is 10.9 Å². The van der Waals surface area contributed by atoms with Crippen LogP contribution in [0.5, 0.6) is 0 Å². The third kappa shape index (κ3) is 6.89. The van der Waals surface area contributed by atoms with Gasteiger partial charge in [-0.05, 0) is 94.5 Å². The molecule has 7 nitrogen and oxygen atoms in total. The maximum Gasteiger partial charge on any atom is 0.338 e. The van der Waals surface area contributed by atoms with Crippen LogP contribution in [-0.4, -0.2) is 35.2 Å². The molecule has 0 atom stereocenters. The van der Waals surface area contributed by atoms with Gasteiger partial charge in [0.1, 0.15) is 18.0 Å². The summed E-state index contributed by atoms with van der Waals surface area (Å²) in [6.07, 6.45) is 2.90. The molecule has 0 amide bonds. The molecule has 7 heteroatoms. The van der Waals surface area contributed by atoms with Crippen molar-refractivity contribution in [3.8, 4) is 0 Å². The van der Waals surface area contributed by atoms with Gasteiger partial charge in [-0.1, -0.05) is 0 Å². The Balaban J connectivity index is 1.52. The van der Waals surface area contributed by atoms with Crippen molar-refractivity contribution in [1.29, 1.82) is 0 Å². The van der Waals surface area contributed by atoms with Gasteiger partial charge in [-0.25, -0.2) is 9.78 Å². The Morgan fingerprint density at radius 2 is 1.85 bits per heavy atom. The number of carbonyl (C=O) groups is 1. The minimum Gasteiger partial charge on any atom is -0.456 e. The molecule has 33 heavy (non-hydrogen) atoms. The second-order valence-corrected chi connectivity index (χ2v) is 9.20. The molecular weight excluding hydrogens is 418 g/mol. The Hall–Kier alpha value is -3.19. The van der Waals surface area contributed by atoms with Gasteiger partial charge in [-0.3, -0.25) is 4.79 Å². The number of hydrogen-bond donors (Lipinski definition) is 2. The Morgan fingerprint density at radius 1 is 1.12 bits per heavy atom. The van der Waals surface area contributed by atoms with Crippen LogP contribution in [0.15, 0.2) is 41.2 Å². The van der Waals surface area contributed by atoms with Crippen LogP contribution in [0.25, 0.3) is 10.9 Å². The molecule has 1 heterocycles. The van der Waals surface area contributed by atoms with E-state index in [-0.39, 0.29) is 18.1 Å². The highest BCUT2D eigenvalue weighted by molar-refractivity contribution is 5.90. The van der Waals surface area contributed by atoms with Gasteiger partial charge >= 0.3 is 5.97 Å². The third-order valence-corrected chi connectivity index (χ3v) is 5.21. The van der Waals surface area contributed by atoms with Gasteiger partial charge in [-0.15, -0.1) is 0 Å². The van der Waals surface area contributed by atoms with Crippen molar-refractivity contribution in [3.05, 3.63) is 69.3 Å². The minimum absolute atomic E-state index is 0.136. The van der Waals surface area contributed by atoms with Crippen molar-refractivity contribution < 1.29 is 14.3 Å². The third-order valence-electron chi connectivity index (χ3n) is 5.21. The van der Waals surface area contributed by atoms with Gasteiger partial charge in [0, 0.05) is 19.3 Å². The number of methoxy groups -OCH3 is 1. The number of unbranched alkanes of at least 4 members (excludes halogenated alkanes) is 1. The first-order valence-corrected chi connectivity index (χ1v) is 11.2. The van der Waals surface area contributed by atoms with E-state index in [2.05, 4.69) is 15.3 Å². The highest BCUT2D eigenvalue weighted by Gasteiger charge is 2.17. The molecule has 0 radical (unpaired) electrons. The first kappa shape index (κ1) is 24.5. The van der Waals surface area contributed by atoms with Gasteiger partial charge < -0.3 is 19.8 Å². The fourth-order valence-corrected chi connectivity index (χ4v) is 3.59. The predicted octanol–water partition coefficient (Wildman–Crippen LogP) is 4.77. The summed E-state index contributed by atoms with van der Waals surface area (Å²) in [6, 6.07) is 11.3.